The fraction of sp³-hybridized carbons (Fsp3) is 0.923. The molecule has 1 aliphatic rings. The summed E-state index contributed by atoms with van der Waals surface area (Å²) in [5, 5.41) is 0. The van der Waals surface area contributed by atoms with Crippen LogP contribution in [0.25, 0.3) is 0 Å². The van der Waals surface area contributed by atoms with Gasteiger partial charge in [-0.25, -0.2) is 0 Å². The van der Waals surface area contributed by atoms with Gasteiger partial charge < -0.3 is 0 Å². The van der Waals surface area contributed by atoms with Gasteiger partial charge in [0.05, 0.1) is 4.83 Å². The van der Waals surface area contributed by atoms with E-state index in [0.29, 0.717) is 5.78 Å². The summed E-state index contributed by atoms with van der Waals surface area (Å²) >= 11 is 3.57. The van der Waals surface area contributed by atoms with Crippen LogP contribution in [0.2, 0.25) is 0 Å². The molecule has 0 heterocycles. The third-order valence-electron chi connectivity index (χ3n) is 3.29. The van der Waals surface area contributed by atoms with Gasteiger partial charge >= 0.3 is 0 Å². The fourth-order valence-corrected chi connectivity index (χ4v) is 3.51. The van der Waals surface area contributed by atoms with Crippen LogP contribution >= 0.6 is 15.9 Å². The first-order chi connectivity index (χ1) is 6.91. The Morgan fingerprint density at radius 2 is 1.80 bits per heavy atom. The first kappa shape index (κ1) is 13.2. The van der Waals surface area contributed by atoms with Crippen LogP contribution in [-0.2, 0) is 4.79 Å². The molecule has 2 heteroatoms. The van der Waals surface area contributed by atoms with Gasteiger partial charge in [-0.2, -0.15) is 0 Å². The molecule has 15 heavy (non-hydrogen) atoms. The molecule has 0 N–H and O–H groups in total. The van der Waals surface area contributed by atoms with Crippen LogP contribution < -0.4 is 0 Å². The van der Waals surface area contributed by atoms with Crippen molar-refractivity contribution in [3.8, 4) is 0 Å². The van der Waals surface area contributed by atoms with Gasteiger partial charge in [-0.3, -0.25) is 4.79 Å². The van der Waals surface area contributed by atoms with Crippen molar-refractivity contribution in [2.45, 2.75) is 64.1 Å². The smallest absolute Gasteiger partial charge is 0.151 e. The highest BCUT2D eigenvalue weighted by atomic mass is 79.9. The van der Waals surface area contributed by atoms with Gasteiger partial charge in [0.2, 0.25) is 0 Å². The molecule has 0 aliphatic heterocycles. The summed E-state index contributed by atoms with van der Waals surface area (Å²) < 4.78 is 0. The third-order valence-corrected chi connectivity index (χ3v) is 4.08. The predicted octanol–water partition coefficient (Wildman–Crippen LogP) is 4.34. The highest BCUT2D eigenvalue weighted by Gasteiger charge is 2.29. The first-order valence-corrected chi connectivity index (χ1v) is 7.01. The number of alkyl halides is 1. The van der Waals surface area contributed by atoms with E-state index in [4.69, 9.17) is 0 Å². The maximum absolute atomic E-state index is 12.0. The Morgan fingerprint density at radius 1 is 1.27 bits per heavy atom. The maximum atomic E-state index is 12.0. The zero-order chi connectivity index (χ0) is 11.5. The minimum atomic E-state index is -0.206. The molecule has 0 aromatic heterocycles. The number of ketones is 1. The average Bonchev–Trinajstić information content (AvgIpc) is 2.16. The van der Waals surface area contributed by atoms with E-state index in [2.05, 4.69) is 15.9 Å². The lowest BCUT2D eigenvalue weighted by Crippen LogP contribution is -2.30. The number of halogens is 1. The second-order valence-electron chi connectivity index (χ2n) is 5.82. The van der Waals surface area contributed by atoms with Gasteiger partial charge in [0.15, 0.2) is 5.78 Å². The van der Waals surface area contributed by atoms with E-state index in [1.165, 1.54) is 32.1 Å². The molecule has 1 fully saturated rings. The first-order valence-electron chi connectivity index (χ1n) is 6.09. The molecule has 0 spiro atoms. The second-order valence-corrected chi connectivity index (χ2v) is 6.93. The Balaban J connectivity index is 2.40. The molecule has 1 saturated carbocycles. The van der Waals surface area contributed by atoms with E-state index in [9.17, 15) is 4.79 Å². The largest absolute Gasteiger partial charge is 0.298 e. The van der Waals surface area contributed by atoms with Crippen molar-refractivity contribution in [2.24, 2.45) is 11.3 Å². The number of carbonyl (C=O) groups is 1. The molecule has 1 aliphatic carbocycles. The lowest BCUT2D eigenvalue weighted by Gasteiger charge is -2.26. The van der Waals surface area contributed by atoms with Gasteiger partial charge in [-0.05, 0) is 12.3 Å². The van der Waals surface area contributed by atoms with E-state index < -0.39 is 0 Å². The minimum Gasteiger partial charge on any atom is -0.298 e. The molecule has 1 unspecified atom stereocenters. The van der Waals surface area contributed by atoms with Crippen molar-refractivity contribution in [1.82, 2.24) is 0 Å². The number of carbonyl (C=O) groups excluding carboxylic acids is 1. The quantitative estimate of drug-likeness (QED) is 0.700. The predicted molar refractivity (Wildman–Crippen MR) is 68.4 cm³/mol. The highest BCUT2D eigenvalue weighted by molar-refractivity contribution is 9.10. The summed E-state index contributed by atoms with van der Waals surface area (Å²) in [6, 6.07) is 0. The van der Waals surface area contributed by atoms with Crippen LogP contribution in [0.1, 0.15) is 59.3 Å². The van der Waals surface area contributed by atoms with Crippen molar-refractivity contribution in [2.75, 3.05) is 0 Å². The van der Waals surface area contributed by atoms with E-state index in [1.807, 2.05) is 20.8 Å². The molecule has 0 aromatic carbocycles. The minimum absolute atomic E-state index is 0.0700. The number of hydrogen-bond donors (Lipinski definition) is 0. The summed E-state index contributed by atoms with van der Waals surface area (Å²) in [4.78, 5) is 12.1. The Kier molecular flexibility index (Phi) is 4.82. The second kappa shape index (κ2) is 5.47. The van der Waals surface area contributed by atoms with E-state index >= 15 is 0 Å². The normalized spacial score (nSPS) is 21.3. The van der Waals surface area contributed by atoms with Crippen molar-refractivity contribution >= 4 is 21.7 Å². The molecule has 0 bridgehead atoms. The van der Waals surface area contributed by atoms with E-state index in [-0.39, 0.29) is 10.2 Å². The van der Waals surface area contributed by atoms with Crippen LogP contribution in [0.5, 0.6) is 0 Å². The molecule has 88 valence electrons. The Bertz CT molecular complexity index is 211. The molecule has 0 aromatic rings. The van der Waals surface area contributed by atoms with Crippen LogP contribution in [0.15, 0.2) is 0 Å². The van der Waals surface area contributed by atoms with Gasteiger partial charge in [0.1, 0.15) is 0 Å². The van der Waals surface area contributed by atoms with Gasteiger partial charge in [0, 0.05) is 5.41 Å². The number of Topliss-reactive ketones (excluding diaryl/α,β-unsaturated/α-hetero) is 1. The number of hydrogen-bond acceptors (Lipinski definition) is 1. The zero-order valence-corrected chi connectivity index (χ0v) is 11.8. The van der Waals surface area contributed by atoms with Crippen LogP contribution in [0.4, 0.5) is 0 Å². The Labute approximate surface area is 102 Å². The highest BCUT2D eigenvalue weighted by Crippen LogP contribution is 2.32. The molecule has 1 atom stereocenters. The van der Waals surface area contributed by atoms with Gasteiger partial charge in [-0.15, -0.1) is 0 Å². The van der Waals surface area contributed by atoms with E-state index in [0.717, 1.165) is 12.3 Å². The van der Waals surface area contributed by atoms with Crippen LogP contribution in [-0.4, -0.2) is 10.6 Å². The zero-order valence-electron chi connectivity index (χ0n) is 10.2. The van der Waals surface area contributed by atoms with Gasteiger partial charge in [-0.1, -0.05) is 68.8 Å². The summed E-state index contributed by atoms with van der Waals surface area (Å²) in [5.74, 6) is 1.13. The Hall–Kier alpha value is 0.150. The van der Waals surface area contributed by atoms with E-state index in [1.54, 1.807) is 0 Å². The standard InChI is InChI=1S/C13H23BrO/c1-13(2,3)12(15)11(14)9-10-7-5-4-6-8-10/h10-11H,4-9H2,1-3H3. The molecule has 0 amide bonds. The van der Waals surface area contributed by atoms with Crippen molar-refractivity contribution in [1.29, 1.82) is 0 Å². The monoisotopic (exact) mass is 274 g/mol. The summed E-state index contributed by atoms with van der Waals surface area (Å²) in [7, 11) is 0. The molecular formula is C13H23BrO. The van der Waals surface area contributed by atoms with Gasteiger partial charge in [0.25, 0.3) is 0 Å². The third kappa shape index (κ3) is 4.26. The van der Waals surface area contributed by atoms with Crippen molar-refractivity contribution in [3.63, 3.8) is 0 Å². The number of rotatable bonds is 3. The van der Waals surface area contributed by atoms with Crippen molar-refractivity contribution in [3.05, 3.63) is 0 Å². The molecule has 0 saturated heterocycles. The average molecular weight is 275 g/mol. The molecule has 1 nitrogen and oxygen atoms in total. The summed E-state index contributed by atoms with van der Waals surface area (Å²) in [6.45, 7) is 6.01. The van der Waals surface area contributed by atoms with Crippen LogP contribution in [0, 0.1) is 11.3 Å². The molecular weight excluding hydrogens is 252 g/mol. The lowest BCUT2D eigenvalue weighted by molar-refractivity contribution is -0.125. The topological polar surface area (TPSA) is 17.1 Å². The fourth-order valence-electron chi connectivity index (χ4n) is 2.29. The van der Waals surface area contributed by atoms with Crippen LogP contribution in [0.3, 0.4) is 0 Å². The maximum Gasteiger partial charge on any atom is 0.151 e. The summed E-state index contributed by atoms with van der Waals surface area (Å²) in [5.41, 5.74) is -0.206. The molecule has 0 radical (unpaired) electrons. The Morgan fingerprint density at radius 3 is 2.27 bits per heavy atom. The SMILES string of the molecule is CC(C)(C)C(=O)C(Br)CC1CCCCC1. The lowest BCUT2D eigenvalue weighted by atomic mass is 9.82. The molecule has 1 rings (SSSR count). The van der Waals surface area contributed by atoms with Crippen molar-refractivity contribution < 1.29 is 4.79 Å². The summed E-state index contributed by atoms with van der Waals surface area (Å²) in [6.07, 6.45) is 7.77.